The lowest BCUT2D eigenvalue weighted by atomic mass is 9.88. The van der Waals surface area contributed by atoms with Gasteiger partial charge in [-0.2, -0.15) is 0 Å². The van der Waals surface area contributed by atoms with E-state index in [2.05, 4.69) is 23.8 Å². The van der Waals surface area contributed by atoms with Crippen LogP contribution in [0, 0.1) is 12.8 Å². The summed E-state index contributed by atoms with van der Waals surface area (Å²) in [4.78, 5) is 8.53. The third-order valence-corrected chi connectivity index (χ3v) is 2.68. The second-order valence-electron chi connectivity index (χ2n) is 3.73. The zero-order valence-electron chi connectivity index (χ0n) is 7.67. The third-order valence-electron chi connectivity index (χ3n) is 2.68. The van der Waals surface area contributed by atoms with Crippen molar-refractivity contribution in [2.24, 2.45) is 5.92 Å². The van der Waals surface area contributed by atoms with E-state index < -0.39 is 0 Å². The molecule has 1 aliphatic rings. The molecule has 1 aliphatic carbocycles. The number of aromatic nitrogens is 2. The largest absolute Gasteiger partial charge is 0.241 e. The summed E-state index contributed by atoms with van der Waals surface area (Å²) in [5, 5.41) is 0. The Labute approximate surface area is 73.1 Å². The van der Waals surface area contributed by atoms with Crippen molar-refractivity contribution in [3.05, 3.63) is 23.3 Å². The Morgan fingerprint density at radius 1 is 1.42 bits per heavy atom. The number of hydrogen-bond acceptors (Lipinski definition) is 2. The van der Waals surface area contributed by atoms with E-state index in [1.807, 2.05) is 0 Å². The van der Waals surface area contributed by atoms with Gasteiger partial charge in [0.25, 0.3) is 0 Å². The first-order valence-electron chi connectivity index (χ1n) is 4.56. The summed E-state index contributed by atoms with van der Waals surface area (Å²) in [5.41, 5.74) is 3.85. The van der Waals surface area contributed by atoms with Crippen LogP contribution in [0.2, 0.25) is 0 Å². The molecule has 0 saturated heterocycles. The molecule has 0 aromatic carbocycles. The summed E-state index contributed by atoms with van der Waals surface area (Å²) >= 11 is 0. The topological polar surface area (TPSA) is 25.8 Å². The molecule has 1 atom stereocenters. The van der Waals surface area contributed by atoms with Crippen molar-refractivity contribution in [2.45, 2.75) is 33.1 Å². The van der Waals surface area contributed by atoms with Gasteiger partial charge in [-0.05, 0) is 37.7 Å². The van der Waals surface area contributed by atoms with Crippen molar-refractivity contribution in [2.75, 3.05) is 0 Å². The van der Waals surface area contributed by atoms with Crippen LogP contribution in [0.5, 0.6) is 0 Å². The van der Waals surface area contributed by atoms with Gasteiger partial charge in [-0.15, -0.1) is 0 Å². The molecule has 0 spiro atoms. The van der Waals surface area contributed by atoms with Crippen LogP contribution in [-0.4, -0.2) is 9.97 Å². The van der Waals surface area contributed by atoms with Crippen LogP contribution in [0.1, 0.15) is 30.3 Å². The highest BCUT2D eigenvalue weighted by Crippen LogP contribution is 2.24. The summed E-state index contributed by atoms with van der Waals surface area (Å²) in [6.07, 6.45) is 5.29. The first kappa shape index (κ1) is 7.71. The molecular weight excluding hydrogens is 148 g/mol. The highest BCUT2D eigenvalue weighted by Gasteiger charge is 2.17. The van der Waals surface area contributed by atoms with E-state index in [9.17, 15) is 0 Å². The maximum absolute atomic E-state index is 4.32. The minimum absolute atomic E-state index is 0.798. The van der Waals surface area contributed by atoms with Crippen LogP contribution >= 0.6 is 0 Å². The van der Waals surface area contributed by atoms with Gasteiger partial charge in [-0.3, -0.25) is 0 Å². The van der Waals surface area contributed by atoms with E-state index in [0.717, 1.165) is 12.3 Å². The van der Waals surface area contributed by atoms with Crippen LogP contribution < -0.4 is 0 Å². The third kappa shape index (κ3) is 1.22. The fourth-order valence-corrected chi connectivity index (χ4v) is 1.87. The van der Waals surface area contributed by atoms with Gasteiger partial charge in [0.05, 0.1) is 0 Å². The van der Waals surface area contributed by atoms with Crippen molar-refractivity contribution < 1.29 is 0 Å². The average Bonchev–Trinajstić information content (AvgIpc) is 2.04. The normalized spacial score (nSPS) is 22.0. The lowest BCUT2D eigenvalue weighted by molar-refractivity contribution is 0.488. The van der Waals surface area contributed by atoms with E-state index in [4.69, 9.17) is 0 Å². The predicted octanol–water partition coefficient (Wildman–Crippen LogP) is 1.91. The molecular formula is C10H14N2. The van der Waals surface area contributed by atoms with E-state index in [0.29, 0.717) is 0 Å². The van der Waals surface area contributed by atoms with Crippen molar-refractivity contribution >= 4 is 0 Å². The SMILES string of the molecule is Cc1ncnc2c1CC[C@H](C)C2. The van der Waals surface area contributed by atoms with E-state index in [1.165, 1.54) is 29.8 Å². The number of rotatable bonds is 0. The molecule has 0 unspecified atom stereocenters. The molecule has 1 aromatic rings. The van der Waals surface area contributed by atoms with Crippen LogP contribution in [0.15, 0.2) is 6.33 Å². The summed E-state index contributed by atoms with van der Waals surface area (Å²) < 4.78 is 0. The minimum atomic E-state index is 0.798. The maximum Gasteiger partial charge on any atom is 0.115 e. The van der Waals surface area contributed by atoms with Crippen LogP contribution in [0.25, 0.3) is 0 Å². The Morgan fingerprint density at radius 3 is 3.08 bits per heavy atom. The van der Waals surface area contributed by atoms with Gasteiger partial charge in [-0.1, -0.05) is 6.92 Å². The average molecular weight is 162 g/mol. The van der Waals surface area contributed by atoms with Gasteiger partial charge >= 0.3 is 0 Å². The summed E-state index contributed by atoms with van der Waals surface area (Å²) in [6.45, 7) is 4.37. The Hall–Kier alpha value is -0.920. The monoisotopic (exact) mass is 162 g/mol. The second-order valence-corrected chi connectivity index (χ2v) is 3.73. The van der Waals surface area contributed by atoms with Gasteiger partial charge in [0.1, 0.15) is 6.33 Å². The van der Waals surface area contributed by atoms with Gasteiger partial charge in [0.2, 0.25) is 0 Å². The predicted molar refractivity (Wildman–Crippen MR) is 48.0 cm³/mol. The maximum atomic E-state index is 4.32. The zero-order valence-corrected chi connectivity index (χ0v) is 7.67. The standard InChI is InChI=1S/C10H14N2/c1-7-3-4-9-8(2)11-6-12-10(9)5-7/h6-7H,3-5H2,1-2H3/t7-/m0/s1. The smallest absolute Gasteiger partial charge is 0.115 e. The zero-order chi connectivity index (χ0) is 8.55. The quantitative estimate of drug-likeness (QED) is 0.582. The fourth-order valence-electron chi connectivity index (χ4n) is 1.87. The summed E-state index contributed by atoms with van der Waals surface area (Å²) in [5.74, 6) is 0.798. The molecule has 0 bridgehead atoms. The first-order chi connectivity index (χ1) is 5.77. The second kappa shape index (κ2) is 2.85. The van der Waals surface area contributed by atoms with E-state index in [1.54, 1.807) is 6.33 Å². The van der Waals surface area contributed by atoms with Gasteiger partial charge in [0.15, 0.2) is 0 Å². The molecule has 0 radical (unpaired) electrons. The van der Waals surface area contributed by atoms with Gasteiger partial charge in [0, 0.05) is 11.4 Å². The van der Waals surface area contributed by atoms with E-state index >= 15 is 0 Å². The molecule has 2 nitrogen and oxygen atoms in total. The lowest BCUT2D eigenvalue weighted by Crippen LogP contribution is -2.14. The summed E-state index contributed by atoms with van der Waals surface area (Å²) in [7, 11) is 0. The Kier molecular flexibility index (Phi) is 1.83. The van der Waals surface area contributed by atoms with Crippen molar-refractivity contribution in [1.82, 2.24) is 9.97 Å². The molecule has 1 aromatic heterocycles. The Morgan fingerprint density at radius 2 is 2.25 bits per heavy atom. The van der Waals surface area contributed by atoms with Crippen molar-refractivity contribution in [3.8, 4) is 0 Å². The fraction of sp³-hybridized carbons (Fsp3) is 0.600. The number of fused-ring (bicyclic) bond motifs is 1. The highest BCUT2D eigenvalue weighted by atomic mass is 14.8. The van der Waals surface area contributed by atoms with Gasteiger partial charge < -0.3 is 0 Å². The number of aryl methyl sites for hydroxylation is 1. The number of hydrogen-bond donors (Lipinski definition) is 0. The molecule has 2 heteroatoms. The molecule has 2 rings (SSSR count). The lowest BCUT2D eigenvalue weighted by Gasteiger charge is -2.20. The molecule has 0 saturated carbocycles. The summed E-state index contributed by atoms with van der Waals surface area (Å²) in [6, 6.07) is 0. The number of nitrogens with zero attached hydrogens (tertiary/aromatic N) is 2. The Bertz CT molecular complexity index is 294. The molecule has 0 N–H and O–H groups in total. The van der Waals surface area contributed by atoms with Crippen LogP contribution in [0.3, 0.4) is 0 Å². The Balaban J connectivity index is 2.42. The molecule has 0 aliphatic heterocycles. The van der Waals surface area contributed by atoms with Gasteiger partial charge in [-0.25, -0.2) is 9.97 Å². The van der Waals surface area contributed by atoms with E-state index in [-0.39, 0.29) is 0 Å². The molecule has 0 amide bonds. The molecule has 1 heterocycles. The van der Waals surface area contributed by atoms with Crippen LogP contribution in [0.4, 0.5) is 0 Å². The minimum Gasteiger partial charge on any atom is -0.241 e. The van der Waals surface area contributed by atoms with Crippen molar-refractivity contribution in [1.29, 1.82) is 0 Å². The van der Waals surface area contributed by atoms with Crippen molar-refractivity contribution in [3.63, 3.8) is 0 Å². The highest BCUT2D eigenvalue weighted by molar-refractivity contribution is 5.26. The first-order valence-corrected chi connectivity index (χ1v) is 4.56. The molecule has 0 fully saturated rings. The van der Waals surface area contributed by atoms with Crippen LogP contribution in [-0.2, 0) is 12.8 Å². The molecule has 12 heavy (non-hydrogen) atoms. The molecule has 64 valence electrons.